The third-order valence-corrected chi connectivity index (χ3v) is 6.81. The van der Waals surface area contributed by atoms with Crippen molar-refractivity contribution in [1.82, 2.24) is 10.2 Å². The standard InChI is InChI=1S/C25H33N3O3/c1-15-5-6-16(2)18(9-15)20-13-28-8-7-17-10-24(31-14-25(29)27-3)23(30-4)11-19(17)22(28)12-21(20)26/h5-6,9-11,20-22H,7-8,12-14,26H2,1-4H3,(H,27,29). The molecule has 2 aromatic carbocycles. The highest BCUT2D eigenvalue weighted by Gasteiger charge is 2.39. The second kappa shape index (κ2) is 8.89. The molecule has 1 amide bonds. The van der Waals surface area contributed by atoms with Crippen molar-refractivity contribution in [3.8, 4) is 11.5 Å². The number of piperidine rings is 1. The quantitative estimate of drug-likeness (QED) is 0.773. The minimum absolute atomic E-state index is 0.0242. The van der Waals surface area contributed by atoms with Crippen LogP contribution in [0.5, 0.6) is 11.5 Å². The number of nitrogens with one attached hydrogen (secondary N) is 1. The van der Waals surface area contributed by atoms with Gasteiger partial charge in [0.05, 0.1) is 7.11 Å². The molecule has 1 fully saturated rings. The highest BCUT2D eigenvalue weighted by Crippen LogP contribution is 2.44. The van der Waals surface area contributed by atoms with Crippen LogP contribution in [0.15, 0.2) is 30.3 Å². The smallest absolute Gasteiger partial charge is 0.257 e. The van der Waals surface area contributed by atoms with E-state index in [2.05, 4.69) is 48.3 Å². The van der Waals surface area contributed by atoms with Gasteiger partial charge in [-0.2, -0.15) is 0 Å². The van der Waals surface area contributed by atoms with E-state index in [1.54, 1.807) is 14.2 Å². The number of ether oxygens (including phenoxy) is 2. The second-order valence-corrected chi connectivity index (χ2v) is 8.79. The summed E-state index contributed by atoms with van der Waals surface area (Å²) in [6.45, 7) is 6.26. The van der Waals surface area contributed by atoms with Gasteiger partial charge < -0.3 is 20.5 Å². The van der Waals surface area contributed by atoms with Crippen LogP contribution in [0.3, 0.4) is 0 Å². The molecule has 2 aromatic rings. The van der Waals surface area contributed by atoms with E-state index < -0.39 is 0 Å². The van der Waals surface area contributed by atoms with Crippen LogP contribution >= 0.6 is 0 Å². The fourth-order valence-electron chi connectivity index (χ4n) is 5.04. The number of benzene rings is 2. The average molecular weight is 424 g/mol. The molecule has 0 aromatic heterocycles. The number of amides is 1. The number of hydrogen-bond acceptors (Lipinski definition) is 5. The average Bonchev–Trinajstić information content (AvgIpc) is 2.78. The first-order valence-corrected chi connectivity index (χ1v) is 11.0. The molecule has 2 aliphatic heterocycles. The number of methoxy groups -OCH3 is 1. The van der Waals surface area contributed by atoms with Crippen LogP contribution in [0.4, 0.5) is 0 Å². The molecular formula is C25H33N3O3. The molecule has 3 unspecified atom stereocenters. The van der Waals surface area contributed by atoms with Gasteiger partial charge in [0.25, 0.3) is 5.91 Å². The topological polar surface area (TPSA) is 76.8 Å². The summed E-state index contributed by atoms with van der Waals surface area (Å²) < 4.78 is 11.3. The lowest BCUT2D eigenvalue weighted by Crippen LogP contribution is -2.49. The summed E-state index contributed by atoms with van der Waals surface area (Å²) in [4.78, 5) is 14.2. The SMILES string of the molecule is CNC(=O)COc1cc2c(cc1OC)C1CC(N)C(c3cc(C)ccc3C)CN1CC2. The van der Waals surface area contributed by atoms with E-state index >= 15 is 0 Å². The van der Waals surface area contributed by atoms with Crippen molar-refractivity contribution in [2.75, 3.05) is 33.9 Å². The third-order valence-electron chi connectivity index (χ3n) is 6.81. The predicted octanol–water partition coefficient (Wildman–Crippen LogP) is 2.85. The Bertz CT molecular complexity index is 975. The molecule has 0 radical (unpaired) electrons. The fraction of sp³-hybridized carbons (Fsp3) is 0.480. The van der Waals surface area contributed by atoms with Crippen LogP contribution in [0.25, 0.3) is 0 Å². The van der Waals surface area contributed by atoms with Crippen molar-refractivity contribution in [1.29, 1.82) is 0 Å². The highest BCUT2D eigenvalue weighted by molar-refractivity contribution is 5.77. The Hall–Kier alpha value is -2.57. The molecule has 0 spiro atoms. The number of fused-ring (bicyclic) bond motifs is 3. The Morgan fingerprint density at radius 3 is 2.74 bits per heavy atom. The Morgan fingerprint density at radius 1 is 1.19 bits per heavy atom. The Morgan fingerprint density at radius 2 is 2.00 bits per heavy atom. The van der Waals surface area contributed by atoms with Gasteiger partial charge in [-0.25, -0.2) is 0 Å². The first kappa shape index (κ1) is 21.7. The number of aryl methyl sites for hydroxylation is 2. The Balaban J connectivity index is 1.59. The first-order chi connectivity index (χ1) is 14.9. The van der Waals surface area contributed by atoms with Crippen molar-refractivity contribution < 1.29 is 14.3 Å². The molecule has 31 heavy (non-hydrogen) atoms. The molecule has 2 heterocycles. The van der Waals surface area contributed by atoms with E-state index in [0.717, 1.165) is 25.9 Å². The molecule has 166 valence electrons. The number of nitrogens with zero attached hydrogens (tertiary/aromatic N) is 1. The van der Waals surface area contributed by atoms with Crippen LogP contribution in [0.1, 0.15) is 46.2 Å². The van der Waals surface area contributed by atoms with Gasteiger partial charge in [-0.05, 0) is 61.1 Å². The summed E-state index contributed by atoms with van der Waals surface area (Å²) in [6, 6.07) is 11.2. The van der Waals surface area contributed by atoms with Crippen LogP contribution in [-0.4, -0.2) is 50.7 Å². The van der Waals surface area contributed by atoms with Gasteiger partial charge in [-0.1, -0.05) is 23.8 Å². The van der Waals surface area contributed by atoms with Gasteiger partial charge in [-0.3, -0.25) is 9.69 Å². The summed E-state index contributed by atoms with van der Waals surface area (Å²) in [6.07, 6.45) is 1.85. The van der Waals surface area contributed by atoms with Crippen LogP contribution in [0.2, 0.25) is 0 Å². The summed E-state index contributed by atoms with van der Waals surface area (Å²) in [5.41, 5.74) is 13.3. The monoisotopic (exact) mass is 423 g/mol. The first-order valence-electron chi connectivity index (χ1n) is 11.0. The number of hydrogen-bond donors (Lipinski definition) is 2. The van der Waals surface area contributed by atoms with Crippen LogP contribution in [-0.2, 0) is 11.2 Å². The Labute approximate surface area is 184 Å². The fourth-order valence-corrected chi connectivity index (χ4v) is 5.04. The molecule has 6 nitrogen and oxygen atoms in total. The molecule has 3 N–H and O–H groups in total. The largest absolute Gasteiger partial charge is 0.493 e. The molecule has 6 heteroatoms. The minimum Gasteiger partial charge on any atom is -0.493 e. The van der Waals surface area contributed by atoms with E-state index in [4.69, 9.17) is 15.2 Å². The summed E-state index contributed by atoms with van der Waals surface area (Å²) in [5, 5.41) is 2.58. The molecular weight excluding hydrogens is 390 g/mol. The highest BCUT2D eigenvalue weighted by atomic mass is 16.5. The molecule has 0 saturated carbocycles. The molecule has 2 aliphatic rings. The maximum Gasteiger partial charge on any atom is 0.257 e. The lowest BCUT2D eigenvalue weighted by molar-refractivity contribution is -0.122. The number of carbonyl (C=O) groups is 1. The molecule has 4 rings (SSSR count). The van der Waals surface area contributed by atoms with Gasteiger partial charge in [-0.15, -0.1) is 0 Å². The zero-order chi connectivity index (χ0) is 22.1. The summed E-state index contributed by atoms with van der Waals surface area (Å²) in [5.74, 6) is 1.46. The van der Waals surface area contributed by atoms with E-state index in [0.29, 0.717) is 17.4 Å². The second-order valence-electron chi connectivity index (χ2n) is 8.79. The van der Waals surface area contributed by atoms with Gasteiger partial charge in [0.1, 0.15) is 0 Å². The van der Waals surface area contributed by atoms with Crippen molar-refractivity contribution in [3.63, 3.8) is 0 Å². The number of rotatable bonds is 5. The van der Waals surface area contributed by atoms with Crippen LogP contribution in [0, 0.1) is 13.8 Å². The Kier molecular flexibility index (Phi) is 6.21. The van der Waals surface area contributed by atoms with Gasteiger partial charge in [0.15, 0.2) is 18.1 Å². The minimum atomic E-state index is -0.165. The van der Waals surface area contributed by atoms with Crippen molar-refractivity contribution in [2.24, 2.45) is 5.73 Å². The zero-order valence-corrected chi connectivity index (χ0v) is 18.9. The maximum atomic E-state index is 11.6. The number of carbonyl (C=O) groups excluding carboxylic acids is 1. The zero-order valence-electron chi connectivity index (χ0n) is 18.9. The van der Waals surface area contributed by atoms with Crippen molar-refractivity contribution in [3.05, 3.63) is 58.1 Å². The maximum absolute atomic E-state index is 11.6. The van der Waals surface area contributed by atoms with Gasteiger partial charge >= 0.3 is 0 Å². The van der Waals surface area contributed by atoms with E-state index in [1.807, 2.05) is 6.07 Å². The molecule has 1 saturated heterocycles. The number of nitrogens with two attached hydrogens (primary N) is 1. The van der Waals surface area contributed by atoms with E-state index in [-0.39, 0.29) is 24.6 Å². The van der Waals surface area contributed by atoms with Crippen LogP contribution < -0.4 is 20.5 Å². The summed E-state index contributed by atoms with van der Waals surface area (Å²) >= 11 is 0. The predicted molar refractivity (Wildman–Crippen MR) is 122 cm³/mol. The number of likely N-dealkylation sites (N-methyl/N-ethyl adjacent to an activating group) is 1. The van der Waals surface area contributed by atoms with E-state index in [1.165, 1.54) is 27.8 Å². The lowest BCUT2D eigenvalue weighted by atomic mass is 9.77. The summed E-state index contributed by atoms with van der Waals surface area (Å²) in [7, 11) is 3.24. The normalized spacial score (nSPS) is 22.9. The van der Waals surface area contributed by atoms with Crippen molar-refractivity contribution >= 4 is 5.91 Å². The third kappa shape index (κ3) is 4.27. The molecule has 0 aliphatic carbocycles. The van der Waals surface area contributed by atoms with E-state index in [9.17, 15) is 4.79 Å². The van der Waals surface area contributed by atoms with Crippen molar-refractivity contribution in [2.45, 2.75) is 44.7 Å². The molecule has 0 bridgehead atoms. The molecule has 3 atom stereocenters. The van der Waals surface area contributed by atoms with Gasteiger partial charge in [0, 0.05) is 38.1 Å². The van der Waals surface area contributed by atoms with Gasteiger partial charge in [0.2, 0.25) is 0 Å². The lowest BCUT2D eigenvalue weighted by Gasteiger charge is -2.46.